The van der Waals surface area contributed by atoms with Crippen LogP contribution in [0.4, 0.5) is 0 Å². The molecule has 0 radical (unpaired) electrons. The van der Waals surface area contributed by atoms with Crippen LogP contribution in [0.5, 0.6) is 0 Å². The Hall–Kier alpha value is -0.420. The minimum Gasteiger partial charge on any atom is -0.352 e. The molecule has 142 valence electrons. The average molecular weight is 414 g/mol. The highest BCUT2D eigenvalue weighted by molar-refractivity contribution is 9.10. The number of hydrogen-bond donors (Lipinski definition) is 2. The van der Waals surface area contributed by atoms with E-state index in [1.54, 1.807) is 0 Å². The molecule has 2 aliphatic carbocycles. The fourth-order valence-electron chi connectivity index (χ4n) is 6.39. The number of piperidine rings is 1. The number of hydrogen-bond acceptors (Lipinski definition) is 2. The second-order valence-corrected chi connectivity index (χ2v) is 11.8. The monoisotopic (exact) mass is 413 g/mol. The molecular formula is C20H34BrN2O2+. The third kappa shape index (κ3) is 2.48. The summed E-state index contributed by atoms with van der Waals surface area (Å²) in [6.45, 7) is 15.3. The number of rotatable bonds is 2. The normalized spacial score (nSPS) is 41.8. The van der Waals surface area contributed by atoms with Gasteiger partial charge in [0.15, 0.2) is 5.78 Å². The van der Waals surface area contributed by atoms with Crippen molar-refractivity contribution in [2.24, 2.45) is 16.2 Å². The zero-order valence-corrected chi connectivity index (χ0v) is 18.3. The summed E-state index contributed by atoms with van der Waals surface area (Å²) in [6, 6.07) is 0.162. The van der Waals surface area contributed by atoms with E-state index >= 15 is 0 Å². The van der Waals surface area contributed by atoms with Gasteiger partial charge in [0.1, 0.15) is 0 Å². The van der Waals surface area contributed by atoms with Crippen molar-refractivity contribution >= 4 is 27.6 Å². The van der Waals surface area contributed by atoms with Gasteiger partial charge in [-0.15, -0.1) is 0 Å². The molecule has 2 saturated carbocycles. The number of halogens is 1. The lowest BCUT2D eigenvalue weighted by molar-refractivity contribution is -0.788. The lowest BCUT2D eigenvalue weighted by Crippen LogP contribution is -3.06. The third-order valence-corrected chi connectivity index (χ3v) is 8.99. The van der Waals surface area contributed by atoms with E-state index in [4.69, 9.17) is 0 Å². The first-order chi connectivity index (χ1) is 11.2. The van der Waals surface area contributed by atoms with Crippen LogP contribution in [0.25, 0.3) is 0 Å². The van der Waals surface area contributed by atoms with E-state index < -0.39 is 10.8 Å². The first-order valence-corrected chi connectivity index (χ1v) is 10.5. The molecule has 0 aromatic rings. The summed E-state index contributed by atoms with van der Waals surface area (Å²) in [5, 5.41) is 5.79. The molecule has 2 bridgehead atoms. The van der Waals surface area contributed by atoms with E-state index in [0.29, 0.717) is 0 Å². The minimum absolute atomic E-state index is 0.0763. The van der Waals surface area contributed by atoms with Gasteiger partial charge in [-0.2, -0.15) is 0 Å². The fourth-order valence-corrected chi connectivity index (χ4v) is 7.90. The molecule has 4 nitrogen and oxygen atoms in total. The van der Waals surface area contributed by atoms with Crippen LogP contribution in [0.3, 0.4) is 0 Å². The summed E-state index contributed by atoms with van der Waals surface area (Å²) < 4.78 is 0. The van der Waals surface area contributed by atoms with Gasteiger partial charge >= 0.3 is 0 Å². The summed E-state index contributed by atoms with van der Waals surface area (Å²) >= 11 is 3.62. The summed E-state index contributed by atoms with van der Waals surface area (Å²) in [6.07, 6.45) is 3.51. The van der Waals surface area contributed by atoms with Gasteiger partial charge in [-0.3, -0.25) is 9.59 Å². The van der Waals surface area contributed by atoms with Gasteiger partial charge in [-0.25, -0.2) is 0 Å². The van der Waals surface area contributed by atoms with E-state index in [1.807, 2.05) is 6.92 Å². The van der Waals surface area contributed by atoms with Crippen molar-refractivity contribution < 1.29 is 14.9 Å². The number of fused-ring (bicyclic) bond motifs is 2. The number of Topliss-reactive ketones (excluding diaryl/α,β-unsaturated/α-hetero) is 1. The number of nitrogens with two attached hydrogens (primary N) is 1. The molecule has 5 heteroatoms. The number of alkyl halides is 1. The molecule has 1 aliphatic heterocycles. The summed E-state index contributed by atoms with van der Waals surface area (Å²) in [7, 11) is 0. The number of ketones is 1. The Morgan fingerprint density at radius 1 is 1.04 bits per heavy atom. The maximum atomic E-state index is 13.5. The van der Waals surface area contributed by atoms with Crippen molar-refractivity contribution in [1.29, 1.82) is 0 Å². The Morgan fingerprint density at radius 2 is 1.56 bits per heavy atom. The number of carbonyl (C=O) groups excluding carboxylic acids is 2. The number of quaternary nitrogens is 1. The van der Waals surface area contributed by atoms with E-state index in [9.17, 15) is 9.59 Å². The van der Waals surface area contributed by atoms with Crippen LogP contribution in [-0.2, 0) is 9.59 Å². The highest BCUT2D eigenvalue weighted by atomic mass is 79.9. The Balaban J connectivity index is 1.88. The van der Waals surface area contributed by atoms with Gasteiger partial charge in [-0.1, -0.05) is 36.7 Å². The fraction of sp³-hybridized carbons (Fsp3) is 0.900. The number of amides is 1. The Bertz CT molecular complexity index is 611. The van der Waals surface area contributed by atoms with E-state index in [2.05, 4.69) is 68.1 Å². The Morgan fingerprint density at radius 3 is 2.00 bits per heavy atom. The Kier molecular flexibility index (Phi) is 4.11. The summed E-state index contributed by atoms with van der Waals surface area (Å²) in [5.74, 6) is 0.281. The van der Waals surface area contributed by atoms with E-state index in [1.165, 1.54) is 0 Å². The van der Waals surface area contributed by atoms with Gasteiger partial charge in [0.25, 0.3) is 0 Å². The van der Waals surface area contributed by atoms with Crippen molar-refractivity contribution in [2.75, 3.05) is 0 Å². The molecule has 1 heterocycles. The predicted molar refractivity (Wildman–Crippen MR) is 103 cm³/mol. The molecule has 3 rings (SSSR count). The van der Waals surface area contributed by atoms with Crippen LogP contribution in [0.1, 0.15) is 74.1 Å². The first kappa shape index (κ1) is 19.3. The van der Waals surface area contributed by atoms with Crippen LogP contribution in [0.15, 0.2) is 0 Å². The van der Waals surface area contributed by atoms with Crippen molar-refractivity contribution in [3.8, 4) is 0 Å². The van der Waals surface area contributed by atoms with Crippen LogP contribution in [-0.4, -0.2) is 33.6 Å². The van der Waals surface area contributed by atoms with Crippen LogP contribution >= 0.6 is 15.9 Å². The van der Waals surface area contributed by atoms with E-state index in [-0.39, 0.29) is 39.1 Å². The zero-order chi connectivity index (χ0) is 19.1. The second kappa shape index (κ2) is 5.31. The minimum atomic E-state index is -0.631. The van der Waals surface area contributed by atoms with Gasteiger partial charge in [0.05, 0.1) is 21.3 Å². The van der Waals surface area contributed by atoms with Crippen molar-refractivity contribution in [3.63, 3.8) is 0 Å². The highest BCUT2D eigenvalue weighted by Gasteiger charge is 2.76. The maximum Gasteiger partial charge on any atom is 0.228 e. The van der Waals surface area contributed by atoms with Gasteiger partial charge < -0.3 is 10.6 Å². The molecule has 3 atom stereocenters. The van der Waals surface area contributed by atoms with Crippen LogP contribution in [0.2, 0.25) is 0 Å². The smallest absolute Gasteiger partial charge is 0.228 e. The van der Waals surface area contributed by atoms with Gasteiger partial charge in [0, 0.05) is 24.3 Å². The zero-order valence-electron chi connectivity index (χ0n) is 16.8. The van der Waals surface area contributed by atoms with Crippen molar-refractivity contribution in [1.82, 2.24) is 5.32 Å². The standard InChI is InChI=1S/C20H33BrN2O2/c1-16(2)10-12(11-17(3,4)23-16)22-15(25)20-9-8-19(7,18(20,5)6)14(24)13(20)21/h12-13,23H,8-11H2,1-7H3,(H,22,25)/p+1/t13-,19+,20-/m1/s1. The predicted octanol–water partition coefficient (Wildman–Crippen LogP) is 2.54. The molecular weight excluding hydrogens is 380 g/mol. The molecule has 1 saturated heterocycles. The van der Waals surface area contributed by atoms with Crippen molar-refractivity contribution in [2.45, 2.75) is 96.1 Å². The van der Waals surface area contributed by atoms with Gasteiger partial charge in [-0.05, 0) is 46.0 Å². The lowest BCUT2D eigenvalue weighted by Gasteiger charge is -2.45. The molecule has 1 amide bonds. The maximum absolute atomic E-state index is 13.5. The SMILES string of the molecule is CC1(C)CC(NC(=O)[C@@]23CC[C@@](C)(C(=O)[C@H]2Br)C3(C)C)CC(C)(C)[NH2+]1. The van der Waals surface area contributed by atoms with Crippen LogP contribution < -0.4 is 10.6 Å². The molecule has 25 heavy (non-hydrogen) atoms. The number of carbonyl (C=O) groups is 2. The molecule has 3 fully saturated rings. The lowest BCUT2D eigenvalue weighted by atomic mass is 9.64. The molecule has 0 aromatic carbocycles. The first-order valence-electron chi connectivity index (χ1n) is 9.55. The largest absolute Gasteiger partial charge is 0.352 e. The Labute approximate surface area is 160 Å². The quantitative estimate of drug-likeness (QED) is 0.683. The molecule has 0 spiro atoms. The molecule has 0 unspecified atom stereocenters. The average Bonchev–Trinajstić information content (AvgIpc) is 2.67. The third-order valence-electron chi connectivity index (χ3n) is 7.79. The highest BCUT2D eigenvalue weighted by Crippen LogP contribution is 2.72. The number of nitrogens with one attached hydrogen (secondary N) is 1. The van der Waals surface area contributed by atoms with Crippen molar-refractivity contribution in [3.05, 3.63) is 0 Å². The van der Waals surface area contributed by atoms with Crippen LogP contribution in [0, 0.1) is 16.2 Å². The topological polar surface area (TPSA) is 62.8 Å². The van der Waals surface area contributed by atoms with E-state index in [0.717, 1.165) is 25.7 Å². The second-order valence-electron chi connectivity index (χ2n) is 10.9. The summed E-state index contributed by atoms with van der Waals surface area (Å²) in [5.41, 5.74) is -1.15. The summed E-state index contributed by atoms with van der Waals surface area (Å²) in [4.78, 5) is 26.0. The molecule has 3 N–H and O–H groups in total. The molecule has 3 aliphatic rings. The molecule has 0 aromatic heterocycles. The van der Waals surface area contributed by atoms with Gasteiger partial charge in [0.2, 0.25) is 5.91 Å².